The maximum absolute atomic E-state index is 12.0. The van der Waals surface area contributed by atoms with E-state index in [9.17, 15) is 4.79 Å². The van der Waals surface area contributed by atoms with Crippen molar-refractivity contribution in [2.45, 2.75) is 16.5 Å². The molecular formula is C12H10N4OS2. The summed E-state index contributed by atoms with van der Waals surface area (Å²) in [5.74, 6) is -0.164. The van der Waals surface area contributed by atoms with Crippen molar-refractivity contribution in [3.63, 3.8) is 0 Å². The Balaban J connectivity index is 2.03. The fourth-order valence-electron chi connectivity index (χ4n) is 1.34. The second kappa shape index (κ2) is 6.31. The molecule has 1 amide bonds. The molecule has 1 N–H and O–H groups in total. The van der Waals surface area contributed by atoms with Gasteiger partial charge in [0, 0.05) is 0 Å². The molecule has 1 aromatic heterocycles. The lowest BCUT2D eigenvalue weighted by Gasteiger charge is -2.11. The van der Waals surface area contributed by atoms with Crippen LogP contribution in [0.25, 0.3) is 0 Å². The van der Waals surface area contributed by atoms with E-state index in [1.807, 2.05) is 6.07 Å². The third-order valence-electron chi connectivity index (χ3n) is 2.29. The Morgan fingerprint density at radius 2 is 2.32 bits per heavy atom. The molecule has 0 aliphatic heterocycles. The molecule has 0 bridgehead atoms. The van der Waals surface area contributed by atoms with Gasteiger partial charge in [0.15, 0.2) is 4.34 Å². The highest BCUT2D eigenvalue weighted by Crippen LogP contribution is 2.25. The normalized spacial score (nSPS) is 11.6. The van der Waals surface area contributed by atoms with E-state index in [-0.39, 0.29) is 11.2 Å². The summed E-state index contributed by atoms with van der Waals surface area (Å²) < 4.78 is 4.63. The third kappa shape index (κ3) is 3.53. The lowest BCUT2D eigenvalue weighted by molar-refractivity contribution is -0.115. The minimum absolute atomic E-state index is 0.164. The molecule has 1 heterocycles. The second-order valence-corrected chi connectivity index (χ2v) is 5.98. The molecule has 7 heteroatoms. The highest BCUT2D eigenvalue weighted by atomic mass is 32.2. The van der Waals surface area contributed by atoms with Gasteiger partial charge in [-0.3, -0.25) is 4.79 Å². The molecule has 5 nitrogen and oxygen atoms in total. The number of hydrogen-bond donors (Lipinski definition) is 1. The van der Waals surface area contributed by atoms with Gasteiger partial charge in [-0.25, -0.2) is 4.98 Å². The first-order valence-corrected chi connectivity index (χ1v) is 7.09. The van der Waals surface area contributed by atoms with Gasteiger partial charge in [0.05, 0.1) is 16.5 Å². The Bertz CT molecular complexity index is 606. The molecule has 0 saturated carbocycles. The van der Waals surface area contributed by atoms with E-state index >= 15 is 0 Å². The summed E-state index contributed by atoms with van der Waals surface area (Å²) in [6, 6.07) is 8.95. The maximum atomic E-state index is 12.0. The zero-order chi connectivity index (χ0) is 13.7. The van der Waals surface area contributed by atoms with Gasteiger partial charge >= 0.3 is 0 Å². The summed E-state index contributed by atoms with van der Waals surface area (Å²) in [5.41, 5.74) is 0.976. The molecule has 0 spiro atoms. The second-order valence-electron chi connectivity index (χ2n) is 3.61. The van der Waals surface area contributed by atoms with E-state index in [1.165, 1.54) is 29.6 Å². The van der Waals surface area contributed by atoms with E-state index in [4.69, 9.17) is 5.26 Å². The van der Waals surface area contributed by atoms with Crippen molar-refractivity contribution in [2.24, 2.45) is 0 Å². The molecule has 0 aliphatic rings. The number of para-hydroxylation sites is 1. The van der Waals surface area contributed by atoms with Crippen molar-refractivity contribution >= 4 is 34.9 Å². The molecular weight excluding hydrogens is 280 g/mol. The summed E-state index contributed by atoms with van der Waals surface area (Å²) in [4.78, 5) is 16.0. The SMILES string of the molecule is CC(Sc1ncns1)C(=O)Nc1ccccc1C#N. The monoisotopic (exact) mass is 290 g/mol. The zero-order valence-electron chi connectivity index (χ0n) is 10.0. The van der Waals surface area contributed by atoms with Gasteiger partial charge in [-0.2, -0.15) is 9.64 Å². The van der Waals surface area contributed by atoms with Gasteiger partial charge in [-0.1, -0.05) is 23.9 Å². The Hall–Kier alpha value is -1.91. The zero-order valence-corrected chi connectivity index (χ0v) is 11.7. The average Bonchev–Trinajstić information content (AvgIpc) is 2.92. The quantitative estimate of drug-likeness (QED) is 0.875. The molecule has 0 aliphatic carbocycles. The summed E-state index contributed by atoms with van der Waals surface area (Å²) in [5, 5.41) is 11.4. The molecule has 1 unspecified atom stereocenters. The lowest BCUT2D eigenvalue weighted by atomic mass is 10.2. The van der Waals surface area contributed by atoms with Crippen LogP contribution in [0.1, 0.15) is 12.5 Å². The summed E-state index contributed by atoms with van der Waals surface area (Å²) in [6.45, 7) is 1.79. The van der Waals surface area contributed by atoms with Gasteiger partial charge < -0.3 is 5.32 Å². The molecule has 19 heavy (non-hydrogen) atoms. The van der Waals surface area contributed by atoms with Crippen molar-refractivity contribution in [3.05, 3.63) is 36.2 Å². The van der Waals surface area contributed by atoms with E-state index in [0.29, 0.717) is 11.3 Å². The van der Waals surface area contributed by atoms with Crippen molar-refractivity contribution in [1.29, 1.82) is 5.26 Å². The number of thioether (sulfide) groups is 1. The number of benzene rings is 1. The lowest BCUT2D eigenvalue weighted by Crippen LogP contribution is -2.22. The van der Waals surface area contributed by atoms with Crippen LogP contribution in [0.2, 0.25) is 0 Å². The number of hydrogen-bond acceptors (Lipinski definition) is 6. The van der Waals surface area contributed by atoms with Crippen LogP contribution in [0.4, 0.5) is 5.69 Å². The fraction of sp³-hybridized carbons (Fsp3) is 0.167. The minimum atomic E-state index is -0.306. The van der Waals surface area contributed by atoms with Crippen LogP contribution in [0.15, 0.2) is 34.9 Å². The minimum Gasteiger partial charge on any atom is -0.324 e. The molecule has 2 rings (SSSR count). The summed E-state index contributed by atoms with van der Waals surface area (Å²) in [6.07, 6.45) is 1.46. The Kier molecular flexibility index (Phi) is 4.49. The number of nitriles is 1. The maximum Gasteiger partial charge on any atom is 0.237 e. The first-order valence-electron chi connectivity index (χ1n) is 5.44. The molecule has 1 aromatic carbocycles. The standard InChI is InChI=1S/C12H10N4OS2/c1-8(18-12-14-7-15-19-12)11(17)16-10-5-3-2-4-9(10)6-13/h2-5,7-8H,1H3,(H,16,17). The number of nitrogens with zero attached hydrogens (tertiary/aromatic N) is 3. The van der Waals surface area contributed by atoms with Gasteiger partial charge in [0.1, 0.15) is 12.4 Å². The average molecular weight is 290 g/mol. The number of carbonyl (C=O) groups is 1. The van der Waals surface area contributed by atoms with Crippen LogP contribution in [0.5, 0.6) is 0 Å². The van der Waals surface area contributed by atoms with Crippen LogP contribution in [0.3, 0.4) is 0 Å². The predicted molar refractivity (Wildman–Crippen MR) is 75.0 cm³/mol. The molecule has 1 atom stereocenters. The number of anilines is 1. The smallest absolute Gasteiger partial charge is 0.237 e. The Morgan fingerprint density at radius 1 is 1.53 bits per heavy atom. The highest BCUT2D eigenvalue weighted by molar-refractivity contribution is 8.02. The molecule has 0 saturated heterocycles. The fourth-order valence-corrected chi connectivity index (χ4v) is 2.93. The van der Waals surface area contributed by atoms with Gasteiger partial charge in [-0.15, -0.1) is 0 Å². The predicted octanol–water partition coefficient (Wildman–Crippen LogP) is 2.53. The van der Waals surface area contributed by atoms with E-state index in [1.54, 1.807) is 31.2 Å². The van der Waals surface area contributed by atoms with Crippen molar-refractivity contribution in [3.8, 4) is 6.07 Å². The largest absolute Gasteiger partial charge is 0.324 e. The van der Waals surface area contributed by atoms with E-state index in [0.717, 1.165) is 4.34 Å². The third-order valence-corrected chi connectivity index (χ3v) is 4.14. The van der Waals surface area contributed by atoms with Crippen LogP contribution in [-0.4, -0.2) is 20.5 Å². The van der Waals surface area contributed by atoms with Crippen LogP contribution >= 0.6 is 23.3 Å². The topological polar surface area (TPSA) is 78.7 Å². The van der Waals surface area contributed by atoms with Crippen molar-refractivity contribution in [2.75, 3.05) is 5.32 Å². The number of carbonyl (C=O) groups excluding carboxylic acids is 1. The first-order chi connectivity index (χ1) is 9.20. The van der Waals surface area contributed by atoms with Crippen molar-refractivity contribution < 1.29 is 4.79 Å². The van der Waals surface area contributed by atoms with Crippen LogP contribution in [0, 0.1) is 11.3 Å². The summed E-state index contributed by atoms with van der Waals surface area (Å²) in [7, 11) is 0. The summed E-state index contributed by atoms with van der Waals surface area (Å²) >= 11 is 2.59. The van der Waals surface area contributed by atoms with Crippen LogP contribution in [-0.2, 0) is 4.79 Å². The van der Waals surface area contributed by atoms with Crippen LogP contribution < -0.4 is 5.32 Å². The molecule has 0 radical (unpaired) electrons. The van der Waals surface area contributed by atoms with Gasteiger partial charge in [0.25, 0.3) is 0 Å². The van der Waals surface area contributed by atoms with Crippen molar-refractivity contribution in [1.82, 2.24) is 9.36 Å². The Labute approximate surface area is 118 Å². The number of aromatic nitrogens is 2. The highest BCUT2D eigenvalue weighted by Gasteiger charge is 2.17. The first kappa shape index (κ1) is 13.5. The Morgan fingerprint density at radius 3 is 3.00 bits per heavy atom. The molecule has 0 fully saturated rings. The molecule has 96 valence electrons. The van der Waals surface area contributed by atoms with E-state index in [2.05, 4.69) is 14.7 Å². The number of rotatable bonds is 4. The number of nitrogens with one attached hydrogen (secondary N) is 1. The number of amides is 1. The van der Waals surface area contributed by atoms with Gasteiger partial charge in [0.2, 0.25) is 5.91 Å². The molecule has 2 aromatic rings. The van der Waals surface area contributed by atoms with E-state index < -0.39 is 0 Å². The van der Waals surface area contributed by atoms with Gasteiger partial charge in [-0.05, 0) is 30.6 Å².